The van der Waals surface area contributed by atoms with Gasteiger partial charge in [0, 0.05) is 51.1 Å². The fourth-order valence-corrected chi connectivity index (χ4v) is 3.52. The monoisotopic (exact) mass is 396 g/mol. The normalized spacial score (nSPS) is 16.9. The summed E-state index contributed by atoms with van der Waals surface area (Å²) in [6, 6.07) is 8.42. The molecule has 0 bridgehead atoms. The molecular formula is C21H25FN6O. The number of para-hydroxylation sites is 1. The average Bonchev–Trinajstić information content (AvgIpc) is 3.37. The van der Waals surface area contributed by atoms with Crippen LogP contribution in [0.3, 0.4) is 0 Å². The van der Waals surface area contributed by atoms with Crippen LogP contribution in [-0.2, 0) is 13.2 Å². The van der Waals surface area contributed by atoms with Gasteiger partial charge in [-0.1, -0.05) is 12.1 Å². The number of anilines is 1. The minimum absolute atomic E-state index is 0.248. The van der Waals surface area contributed by atoms with Gasteiger partial charge in [-0.25, -0.2) is 14.4 Å². The molecule has 0 amide bonds. The third-order valence-corrected chi connectivity index (χ3v) is 5.06. The van der Waals surface area contributed by atoms with Crippen LogP contribution in [0.4, 0.5) is 10.3 Å². The van der Waals surface area contributed by atoms with Gasteiger partial charge >= 0.3 is 0 Å². The Morgan fingerprint density at radius 3 is 2.79 bits per heavy atom. The first-order valence-electron chi connectivity index (χ1n) is 9.70. The van der Waals surface area contributed by atoms with Crippen molar-refractivity contribution in [2.45, 2.75) is 25.5 Å². The van der Waals surface area contributed by atoms with Gasteiger partial charge in [-0.15, -0.1) is 0 Å². The van der Waals surface area contributed by atoms with Crippen molar-refractivity contribution in [1.29, 1.82) is 0 Å². The lowest BCUT2D eigenvalue weighted by atomic mass is 10.1. The highest BCUT2D eigenvalue weighted by Crippen LogP contribution is 2.27. The molecule has 0 saturated carbocycles. The second-order valence-electron chi connectivity index (χ2n) is 7.54. The van der Waals surface area contributed by atoms with Crippen molar-refractivity contribution in [3.05, 3.63) is 65.5 Å². The maximum absolute atomic E-state index is 13.7. The van der Waals surface area contributed by atoms with Crippen molar-refractivity contribution in [3.8, 4) is 5.75 Å². The second-order valence-corrected chi connectivity index (χ2v) is 7.54. The van der Waals surface area contributed by atoms with Crippen LogP contribution >= 0.6 is 0 Å². The zero-order chi connectivity index (χ0) is 20.2. The Morgan fingerprint density at radius 2 is 2.03 bits per heavy atom. The summed E-state index contributed by atoms with van der Waals surface area (Å²) < 4.78 is 19.2. The van der Waals surface area contributed by atoms with Crippen LogP contribution in [0.15, 0.2) is 42.7 Å². The molecule has 3 heterocycles. The van der Waals surface area contributed by atoms with Gasteiger partial charge in [-0.05, 0) is 31.2 Å². The minimum Gasteiger partial charge on any atom is -0.484 e. The molecule has 8 heteroatoms. The zero-order valence-corrected chi connectivity index (χ0v) is 16.7. The van der Waals surface area contributed by atoms with Gasteiger partial charge in [0.2, 0.25) is 5.95 Å². The first-order chi connectivity index (χ1) is 14.1. The molecule has 0 aliphatic carbocycles. The molecule has 1 fully saturated rings. The molecule has 1 aromatic carbocycles. The highest BCUT2D eigenvalue weighted by molar-refractivity contribution is 5.27. The summed E-state index contributed by atoms with van der Waals surface area (Å²) in [5, 5.41) is 7.46. The largest absolute Gasteiger partial charge is 0.484 e. The average molecular weight is 396 g/mol. The van der Waals surface area contributed by atoms with Gasteiger partial charge < -0.3 is 9.64 Å². The van der Waals surface area contributed by atoms with Crippen LogP contribution in [-0.4, -0.2) is 52.3 Å². The van der Waals surface area contributed by atoms with E-state index in [4.69, 9.17) is 4.74 Å². The highest BCUT2D eigenvalue weighted by atomic mass is 19.1. The fraction of sp³-hybridized carbons (Fsp3) is 0.381. The molecule has 0 spiro atoms. The Morgan fingerprint density at radius 1 is 1.24 bits per heavy atom. The summed E-state index contributed by atoms with van der Waals surface area (Å²) in [6.07, 6.45) is 4.83. The number of halogens is 1. The molecule has 1 aliphatic heterocycles. The van der Waals surface area contributed by atoms with E-state index in [0.29, 0.717) is 5.92 Å². The van der Waals surface area contributed by atoms with Gasteiger partial charge in [0.25, 0.3) is 0 Å². The Bertz CT molecular complexity index is 942. The van der Waals surface area contributed by atoms with E-state index in [9.17, 15) is 4.39 Å². The van der Waals surface area contributed by atoms with Crippen molar-refractivity contribution in [3.63, 3.8) is 0 Å². The van der Waals surface area contributed by atoms with Gasteiger partial charge in [0.15, 0.2) is 11.6 Å². The Balaban J connectivity index is 1.31. The topological polar surface area (TPSA) is 70.2 Å². The van der Waals surface area contributed by atoms with Gasteiger partial charge in [-0.2, -0.15) is 5.10 Å². The lowest BCUT2D eigenvalue weighted by Crippen LogP contribution is -2.20. The first-order valence-corrected chi connectivity index (χ1v) is 9.70. The predicted octanol–water partition coefficient (Wildman–Crippen LogP) is 2.97. The summed E-state index contributed by atoms with van der Waals surface area (Å²) in [5.41, 5.74) is 2.98. The summed E-state index contributed by atoms with van der Waals surface area (Å²) in [7, 11) is 3.86. The third kappa shape index (κ3) is 4.71. The van der Waals surface area contributed by atoms with E-state index in [1.165, 1.54) is 6.07 Å². The second kappa shape index (κ2) is 8.57. The molecule has 1 aliphatic rings. The molecule has 0 unspecified atom stereocenters. The molecule has 29 heavy (non-hydrogen) atoms. The molecule has 4 rings (SSSR count). The number of likely N-dealkylation sites (tertiary alicyclic amines) is 1. The molecule has 3 aromatic rings. The lowest BCUT2D eigenvalue weighted by Gasteiger charge is -2.16. The summed E-state index contributed by atoms with van der Waals surface area (Å²) in [5.74, 6) is 0.976. The Labute approximate surface area is 169 Å². The molecule has 152 valence electrons. The molecule has 1 saturated heterocycles. The smallest absolute Gasteiger partial charge is 0.224 e. The van der Waals surface area contributed by atoms with Gasteiger partial charge in [0.05, 0.1) is 11.4 Å². The predicted molar refractivity (Wildman–Crippen MR) is 108 cm³/mol. The number of hydrogen-bond acceptors (Lipinski definition) is 6. The van der Waals surface area contributed by atoms with E-state index < -0.39 is 0 Å². The van der Waals surface area contributed by atoms with Crippen molar-refractivity contribution < 1.29 is 9.13 Å². The van der Waals surface area contributed by atoms with Gasteiger partial charge in [-0.3, -0.25) is 10.00 Å². The number of ether oxygens (including phenoxy) is 1. The number of nitrogens with one attached hydrogen (secondary N) is 1. The minimum atomic E-state index is -0.360. The summed E-state index contributed by atoms with van der Waals surface area (Å²) >= 11 is 0. The van der Waals surface area contributed by atoms with E-state index in [2.05, 4.69) is 25.1 Å². The van der Waals surface area contributed by atoms with E-state index in [-0.39, 0.29) is 18.2 Å². The Kier molecular flexibility index (Phi) is 5.71. The molecular weight excluding hydrogens is 371 g/mol. The Hall–Kier alpha value is -3.00. The van der Waals surface area contributed by atoms with Gasteiger partial charge in [0.1, 0.15) is 6.61 Å². The van der Waals surface area contributed by atoms with Crippen molar-refractivity contribution in [2.75, 3.05) is 32.1 Å². The number of aromatic nitrogens is 4. The van der Waals surface area contributed by atoms with E-state index in [1.807, 2.05) is 37.5 Å². The number of aromatic amines is 1. The number of benzene rings is 1. The SMILES string of the molecule is CN(C)c1ncc(CN2CC[C@H](c3cc(COc4ccccc4F)[nH]n3)C2)cn1. The third-order valence-electron chi connectivity index (χ3n) is 5.06. The molecule has 2 aromatic heterocycles. The zero-order valence-electron chi connectivity index (χ0n) is 16.7. The van der Waals surface area contributed by atoms with Crippen LogP contribution in [0.1, 0.15) is 29.3 Å². The summed E-state index contributed by atoms with van der Waals surface area (Å²) in [4.78, 5) is 13.0. The van der Waals surface area contributed by atoms with E-state index in [1.54, 1.807) is 18.2 Å². The van der Waals surface area contributed by atoms with Crippen LogP contribution in [0.2, 0.25) is 0 Å². The van der Waals surface area contributed by atoms with Crippen molar-refractivity contribution in [2.24, 2.45) is 0 Å². The van der Waals surface area contributed by atoms with Crippen LogP contribution in [0, 0.1) is 5.82 Å². The van der Waals surface area contributed by atoms with Crippen LogP contribution in [0.25, 0.3) is 0 Å². The maximum atomic E-state index is 13.7. The van der Waals surface area contributed by atoms with Crippen LogP contribution in [0.5, 0.6) is 5.75 Å². The summed E-state index contributed by atoms with van der Waals surface area (Å²) in [6.45, 7) is 3.04. The fourth-order valence-electron chi connectivity index (χ4n) is 3.52. The number of nitrogens with zero attached hydrogens (tertiary/aromatic N) is 5. The first kappa shape index (κ1) is 19.3. The van der Waals surface area contributed by atoms with Crippen LogP contribution < -0.4 is 9.64 Å². The molecule has 1 atom stereocenters. The number of rotatable bonds is 7. The number of hydrogen-bond donors (Lipinski definition) is 1. The van der Waals surface area contributed by atoms with E-state index in [0.717, 1.165) is 49.0 Å². The molecule has 7 nitrogen and oxygen atoms in total. The molecule has 1 N–H and O–H groups in total. The highest BCUT2D eigenvalue weighted by Gasteiger charge is 2.26. The standard InChI is InChI=1S/C21H25FN6O/c1-27(2)21-23-10-15(11-24-21)12-28-8-7-16(13-28)19-9-17(25-26-19)14-29-20-6-4-3-5-18(20)22/h3-6,9-11,16H,7-8,12-14H2,1-2H3,(H,25,26)/t16-/m0/s1. The maximum Gasteiger partial charge on any atom is 0.224 e. The quantitative estimate of drug-likeness (QED) is 0.662. The van der Waals surface area contributed by atoms with E-state index >= 15 is 0 Å². The number of H-pyrrole nitrogens is 1. The molecule has 0 radical (unpaired) electrons. The van der Waals surface area contributed by atoms with Crippen molar-refractivity contribution >= 4 is 5.95 Å². The van der Waals surface area contributed by atoms with Crippen molar-refractivity contribution in [1.82, 2.24) is 25.1 Å². The lowest BCUT2D eigenvalue weighted by molar-refractivity contribution is 0.286.